The van der Waals surface area contributed by atoms with Crippen molar-refractivity contribution in [2.45, 2.75) is 18.9 Å². The van der Waals surface area contributed by atoms with E-state index < -0.39 is 12.0 Å². The van der Waals surface area contributed by atoms with Gasteiger partial charge in [-0.3, -0.25) is 9.59 Å². The lowest BCUT2D eigenvalue weighted by Gasteiger charge is -2.21. The fourth-order valence-corrected chi connectivity index (χ4v) is 2.42. The number of nitrogens with one attached hydrogen (secondary N) is 2. The van der Waals surface area contributed by atoms with Gasteiger partial charge in [0.15, 0.2) is 0 Å². The monoisotopic (exact) mass is 364 g/mol. The Morgan fingerprint density at radius 1 is 1.19 bits per heavy atom. The molecule has 0 bridgehead atoms. The third kappa shape index (κ3) is 8.24. The molecule has 0 aliphatic heterocycles. The lowest BCUT2D eigenvalue weighted by molar-refractivity contribution is -0.131. The average Bonchev–Trinajstić information content (AvgIpc) is 2.66. The number of allylic oxidation sites excluding steroid dienone is 1. The van der Waals surface area contributed by atoms with Gasteiger partial charge >= 0.3 is 0 Å². The fourth-order valence-electron chi connectivity index (χ4n) is 2.42. The summed E-state index contributed by atoms with van der Waals surface area (Å²) in [6, 6.07) is 8.64. The highest BCUT2D eigenvalue weighted by molar-refractivity contribution is 5.86. The van der Waals surface area contributed by atoms with E-state index in [2.05, 4.69) is 17.2 Å². The van der Waals surface area contributed by atoms with Crippen molar-refractivity contribution in [3.8, 4) is 0 Å². The largest absolute Gasteiger partial charge is 0.394 e. The van der Waals surface area contributed by atoms with Gasteiger partial charge in [-0.15, -0.1) is 6.58 Å². The van der Waals surface area contributed by atoms with Crippen molar-refractivity contribution in [1.29, 1.82) is 0 Å². The number of aliphatic hydroxyl groups excluding tert-OH is 2. The molecule has 2 atom stereocenters. The Kier molecular flexibility index (Phi) is 10.9. The van der Waals surface area contributed by atoms with Crippen molar-refractivity contribution < 1.29 is 24.5 Å². The first-order valence-corrected chi connectivity index (χ1v) is 8.64. The highest BCUT2D eigenvalue weighted by Gasteiger charge is 2.23. The molecule has 7 heteroatoms. The van der Waals surface area contributed by atoms with Gasteiger partial charge in [0.2, 0.25) is 11.8 Å². The van der Waals surface area contributed by atoms with E-state index in [1.807, 2.05) is 30.3 Å². The second kappa shape index (κ2) is 13.0. The molecule has 26 heavy (non-hydrogen) atoms. The topological polar surface area (TPSA) is 108 Å². The van der Waals surface area contributed by atoms with Crippen molar-refractivity contribution in [1.82, 2.24) is 10.6 Å². The molecule has 0 spiro atoms. The minimum atomic E-state index is -0.566. The first-order chi connectivity index (χ1) is 12.6. The number of amides is 2. The molecular formula is C19H28N2O5. The molecule has 0 fully saturated rings. The van der Waals surface area contributed by atoms with E-state index >= 15 is 0 Å². The molecule has 7 nitrogen and oxygen atoms in total. The van der Waals surface area contributed by atoms with Gasteiger partial charge in [-0.25, -0.2) is 0 Å². The molecule has 0 aromatic heterocycles. The zero-order chi connectivity index (χ0) is 19.2. The second-order valence-corrected chi connectivity index (χ2v) is 5.77. The van der Waals surface area contributed by atoms with Gasteiger partial charge in [0.1, 0.15) is 0 Å². The van der Waals surface area contributed by atoms with E-state index in [1.165, 1.54) is 0 Å². The van der Waals surface area contributed by atoms with Gasteiger partial charge in [0.25, 0.3) is 0 Å². The van der Waals surface area contributed by atoms with Crippen LogP contribution in [-0.2, 0) is 14.3 Å². The summed E-state index contributed by atoms with van der Waals surface area (Å²) in [6.45, 7) is 4.17. The van der Waals surface area contributed by atoms with E-state index in [4.69, 9.17) is 9.84 Å². The summed E-state index contributed by atoms with van der Waals surface area (Å²) in [5.41, 5.74) is 0.797. The van der Waals surface area contributed by atoms with Crippen LogP contribution < -0.4 is 10.6 Å². The summed E-state index contributed by atoms with van der Waals surface area (Å²) in [5.74, 6) is -1.14. The van der Waals surface area contributed by atoms with Gasteiger partial charge in [0.05, 0.1) is 38.4 Å². The maximum Gasteiger partial charge on any atom is 0.224 e. The molecule has 4 N–H and O–H groups in total. The molecule has 0 saturated carbocycles. The zero-order valence-corrected chi connectivity index (χ0v) is 14.9. The second-order valence-electron chi connectivity index (χ2n) is 5.77. The maximum absolute atomic E-state index is 12.5. The normalized spacial score (nSPS) is 12.8. The minimum Gasteiger partial charge on any atom is -0.394 e. The van der Waals surface area contributed by atoms with E-state index in [-0.39, 0.29) is 38.1 Å². The van der Waals surface area contributed by atoms with Crippen LogP contribution in [0.25, 0.3) is 0 Å². The SMILES string of the molecule is C=CC[C@H](CC(=O)NCCOCCO)C(=O)N[C@@H](CO)c1ccccc1. The van der Waals surface area contributed by atoms with Gasteiger partial charge in [-0.05, 0) is 12.0 Å². The molecule has 0 radical (unpaired) electrons. The standard InChI is InChI=1S/C19H28N2O5/c1-2-6-16(13-18(24)20-9-11-26-12-10-22)19(25)21-17(14-23)15-7-4-3-5-8-15/h2-5,7-8,16-17,22-23H,1,6,9-14H2,(H,20,24)(H,21,25)/t16-,17+/m1/s1. The van der Waals surface area contributed by atoms with Crippen LogP contribution in [0, 0.1) is 5.92 Å². The maximum atomic E-state index is 12.5. The lowest BCUT2D eigenvalue weighted by Crippen LogP contribution is -2.38. The third-order valence-electron chi connectivity index (χ3n) is 3.76. The Bertz CT molecular complexity index is 550. The van der Waals surface area contributed by atoms with Crippen molar-refractivity contribution in [2.24, 2.45) is 5.92 Å². The first kappa shape index (κ1) is 21.8. The van der Waals surface area contributed by atoms with E-state index in [1.54, 1.807) is 6.08 Å². The first-order valence-electron chi connectivity index (χ1n) is 8.64. The summed E-state index contributed by atoms with van der Waals surface area (Å²) in [4.78, 5) is 24.5. The van der Waals surface area contributed by atoms with E-state index in [0.717, 1.165) is 5.56 Å². The summed E-state index contributed by atoms with van der Waals surface area (Å²) in [7, 11) is 0. The minimum absolute atomic E-state index is 0.0186. The number of hydrogen-bond acceptors (Lipinski definition) is 5. The molecule has 1 aromatic rings. The van der Waals surface area contributed by atoms with Crippen molar-refractivity contribution in [2.75, 3.05) is 33.0 Å². The summed E-state index contributed by atoms with van der Waals surface area (Å²) in [5, 5.41) is 23.6. The number of rotatable bonds is 13. The Labute approximate surface area is 154 Å². The van der Waals surface area contributed by atoms with Crippen LogP contribution in [0.1, 0.15) is 24.4 Å². The molecule has 0 aliphatic rings. The predicted molar refractivity (Wildman–Crippen MR) is 98.2 cm³/mol. The quantitative estimate of drug-likeness (QED) is 0.302. The van der Waals surface area contributed by atoms with Crippen molar-refractivity contribution in [3.63, 3.8) is 0 Å². The molecule has 0 heterocycles. The zero-order valence-electron chi connectivity index (χ0n) is 14.9. The third-order valence-corrected chi connectivity index (χ3v) is 3.76. The van der Waals surface area contributed by atoms with Crippen LogP contribution >= 0.6 is 0 Å². The molecule has 0 aliphatic carbocycles. The highest BCUT2D eigenvalue weighted by Crippen LogP contribution is 2.15. The Morgan fingerprint density at radius 2 is 1.92 bits per heavy atom. The summed E-state index contributed by atoms with van der Waals surface area (Å²) < 4.78 is 5.06. The summed E-state index contributed by atoms with van der Waals surface area (Å²) in [6.07, 6.45) is 1.97. The molecule has 0 unspecified atom stereocenters. The van der Waals surface area contributed by atoms with Gasteiger partial charge in [-0.2, -0.15) is 0 Å². The molecule has 1 aromatic carbocycles. The summed E-state index contributed by atoms with van der Waals surface area (Å²) >= 11 is 0. The van der Waals surface area contributed by atoms with Crippen LogP contribution in [0.3, 0.4) is 0 Å². The van der Waals surface area contributed by atoms with Crippen molar-refractivity contribution >= 4 is 11.8 Å². The average molecular weight is 364 g/mol. The molecule has 1 rings (SSSR count). The number of benzene rings is 1. The van der Waals surface area contributed by atoms with Crippen LogP contribution in [0.5, 0.6) is 0 Å². The smallest absolute Gasteiger partial charge is 0.224 e. The lowest BCUT2D eigenvalue weighted by atomic mass is 9.98. The van der Waals surface area contributed by atoms with Gasteiger partial charge in [-0.1, -0.05) is 36.4 Å². The van der Waals surface area contributed by atoms with Crippen molar-refractivity contribution in [3.05, 3.63) is 48.6 Å². The fraction of sp³-hybridized carbons (Fsp3) is 0.474. The number of hydrogen-bond donors (Lipinski definition) is 4. The van der Waals surface area contributed by atoms with E-state index in [9.17, 15) is 14.7 Å². The predicted octanol–water partition coefficient (Wildman–Crippen LogP) is 0.544. The number of aliphatic hydroxyl groups is 2. The molecule has 0 saturated heterocycles. The van der Waals surface area contributed by atoms with Crippen LogP contribution in [0.2, 0.25) is 0 Å². The molecular weight excluding hydrogens is 336 g/mol. The number of carbonyl (C=O) groups is 2. The molecule has 144 valence electrons. The Morgan fingerprint density at radius 3 is 2.54 bits per heavy atom. The molecule has 2 amide bonds. The number of carbonyl (C=O) groups excluding carboxylic acids is 2. The highest BCUT2D eigenvalue weighted by atomic mass is 16.5. The van der Waals surface area contributed by atoms with Gasteiger partial charge < -0.3 is 25.6 Å². The van der Waals surface area contributed by atoms with Crippen LogP contribution in [-0.4, -0.2) is 55.0 Å². The van der Waals surface area contributed by atoms with Gasteiger partial charge in [0, 0.05) is 13.0 Å². The van der Waals surface area contributed by atoms with E-state index in [0.29, 0.717) is 19.6 Å². The Hall–Kier alpha value is -2.22. The Balaban J connectivity index is 2.54. The van der Waals surface area contributed by atoms with Crippen LogP contribution in [0.15, 0.2) is 43.0 Å². The van der Waals surface area contributed by atoms with Crippen LogP contribution in [0.4, 0.5) is 0 Å². The number of ether oxygens (including phenoxy) is 1.